The first-order chi connectivity index (χ1) is 14.6. The number of nitrogens with zero attached hydrogens (tertiary/aromatic N) is 3. The summed E-state index contributed by atoms with van der Waals surface area (Å²) < 4.78 is 0. The van der Waals surface area contributed by atoms with E-state index in [0.717, 1.165) is 17.5 Å². The number of likely N-dealkylation sites (tertiary alicyclic amines) is 1. The summed E-state index contributed by atoms with van der Waals surface area (Å²) in [7, 11) is 0. The molecule has 30 heavy (non-hydrogen) atoms. The van der Waals surface area contributed by atoms with E-state index in [1.807, 2.05) is 19.1 Å². The predicted octanol–water partition coefficient (Wildman–Crippen LogP) is 3.66. The van der Waals surface area contributed by atoms with Gasteiger partial charge in [0.2, 0.25) is 0 Å². The van der Waals surface area contributed by atoms with Crippen LogP contribution in [0.25, 0.3) is 5.76 Å². The Kier molecular flexibility index (Phi) is 5.39. The van der Waals surface area contributed by atoms with E-state index in [1.54, 1.807) is 61.2 Å². The second-order valence-corrected chi connectivity index (χ2v) is 7.12. The largest absolute Gasteiger partial charge is 0.507 e. The van der Waals surface area contributed by atoms with Crippen molar-refractivity contribution in [2.24, 2.45) is 0 Å². The van der Waals surface area contributed by atoms with Crippen LogP contribution in [0.1, 0.15) is 35.2 Å². The van der Waals surface area contributed by atoms with Gasteiger partial charge in [-0.2, -0.15) is 0 Å². The number of aliphatic hydroxyl groups excluding tert-OH is 1. The number of Topliss-reactive ketones (excluding diaryl/α,β-unsaturated/α-hetero) is 1. The minimum Gasteiger partial charge on any atom is -0.507 e. The predicted molar refractivity (Wildman–Crippen MR) is 112 cm³/mol. The molecule has 1 aliphatic heterocycles. The molecular formula is C24H21N3O3. The molecule has 1 saturated heterocycles. The number of carbonyl (C=O) groups excluding carboxylic acids is 2. The number of carbonyl (C=O) groups is 2. The third kappa shape index (κ3) is 3.59. The minimum atomic E-state index is -0.724. The van der Waals surface area contributed by atoms with Gasteiger partial charge < -0.3 is 10.0 Å². The average Bonchev–Trinajstić information content (AvgIpc) is 3.05. The van der Waals surface area contributed by atoms with Crippen LogP contribution in [0.15, 0.2) is 78.9 Å². The Morgan fingerprint density at radius 1 is 0.967 bits per heavy atom. The summed E-state index contributed by atoms with van der Waals surface area (Å²) in [5.74, 6) is -1.52. The normalized spacial score (nSPS) is 18.0. The van der Waals surface area contributed by atoms with Crippen molar-refractivity contribution in [2.45, 2.75) is 25.9 Å². The van der Waals surface area contributed by atoms with Gasteiger partial charge in [-0.05, 0) is 41.3 Å². The molecule has 4 rings (SSSR count). The van der Waals surface area contributed by atoms with Gasteiger partial charge in [0.05, 0.1) is 11.6 Å². The van der Waals surface area contributed by atoms with Crippen LogP contribution in [0.2, 0.25) is 0 Å². The molecule has 0 spiro atoms. The second kappa shape index (κ2) is 8.29. The third-order valence-electron chi connectivity index (χ3n) is 5.28. The van der Waals surface area contributed by atoms with Crippen LogP contribution in [0.4, 0.5) is 0 Å². The topological polar surface area (TPSA) is 83.4 Å². The van der Waals surface area contributed by atoms with Crippen molar-refractivity contribution in [3.63, 3.8) is 0 Å². The zero-order chi connectivity index (χ0) is 21.1. The Bertz CT molecular complexity index is 1090. The number of ketones is 1. The van der Waals surface area contributed by atoms with Gasteiger partial charge in [-0.1, -0.05) is 37.3 Å². The van der Waals surface area contributed by atoms with Crippen LogP contribution in [-0.4, -0.2) is 31.7 Å². The van der Waals surface area contributed by atoms with Crippen LogP contribution < -0.4 is 0 Å². The van der Waals surface area contributed by atoms with Gasteiger partial charge in [0.25, 0.3) is 11.7 Å². The highest BCUT2D eigenvalue weighted by Gasteiger charge is 2.46. The lowest BCUT2D eigenvalue weighted by Crippen LogP contribution is -2.29. The molecule has 1 N–H and O–H groups in total. The van der Waals surface area contributed by atoms with Gasteiger partial charge in [0.15, 0.2) is 0 Å². The molecule has 6 nitrogen and oxygen atoms in total. The summed E-state index contributed by atoms with van der Waals surface area (Å²) in [4.78, 5) is 35.5. The van der Waals surface area contributed by atoms with Crippen molar-refractivity contribution in [3.8, 4) is 0 Å². The number of pyridine rings is 2. The zero-order valence-electron chi connectivity index (χ0n) is 16.5. The summed E-state index contributed by atoms with van der Waals surface area (Å²) in [6.45, 7) is 2.26. The first-order valence-corrected chi connectivity index (χ1v) is 9.76. The molecule has 1 fully saturated rings. The fourth-order valence-electron chi connectivity index (χ4n) is 3.67. The molecular weight excluding hydrogens is 378 g/mol. The number of rotatable bonds is 5. The second-order valence-electron chi connectivity index (χ2n) is 7.12. The number of hydrogen-bond donors (Lipinski definition) is 1. The number of aliphatic hydroxyl groups is 1. The van der Waals surface area contributed by atoms with Crippen molar-refractivity contribution in [3.05, 3.63) is 101 Å². The van der Waals surface area contributed by atoms with Crippen LogP contribution in [0, 0.1) is 0 Å². The maximum Gasteiger partial charge on any atom is 0.295 e. The average molecular weight is 399 g/mol. The van der Waals surface area contributed by atoms with Gasteiger partial charge in [-0.3, -0.25) is 19.6 Å². The lowest BCUT2D eigenvalue weighted by molar-refractivity contribution is -0.140. The summed E-state index contributed by atoms with van der Waals surface area (Å²) in [5, 5.41) is 11.0. The monoisotopic (exact) mass is 399 g/mol. The smallest absolute Gasteiger partial charge is 0.295 e. The molecule has 1 unspecified atom stereocenters. The van der Waals surface area contributed by atoms with Crippen molar-refractivity contribution in [2.75, 3.05) is 0 Å². The van der Waals surface area contributed by atoms with Gasteiger partial charge >= 0.3 is 0 Å². The highest BCUT2D eigenvalue weighted by Crippen LogP contribution is 2.39. The Morgan fingerprint density at radius 3 is 2.33 bits per heavy atom. The number of aromatic nitrogens is 2. The zero-order valence-corrected chi connectivity index (χ0v) is 16.5. The standard InChI is InChI=1S/C24H21N3O3/c1-2-16-5-7-18(8-6-16)22(28)20-21(19-4-3-11-26-14-19)27(24(30)23(20)29)15-17-9-12-25-13-10-17/h3-14,21,28H,2,15H2,1H3/b22-20-. The van der Waals surface area contributed by atoms with Crippen molar-refractivity contribution in [1.29, 1.82) is 0 Å². The Labute approximate surface area is 174 Å². The van der Waals surface area contributed by atoms with E-state index in [2.05, 4.69) is 9.97 Å². The fraction of sp³-hybridized carbons (Fsp3) is 0.167. The third-order valence-corrected chi connectivity index (χ3v) is 5.28. The van der Waals surface area contributed by atoms with Crippen molar-refractivity contribution >= 4 is 17.4 Å². The molecule has 0 aliphatic carbocycles. The minimum absolute atomic E-state index is 0.0753. The maximum absolute atomic E-state index is 13.0. The van der Waals surface area contributed by atoms with E-state index < -0.39 is 17.7 Å². The fourth-order valence-corrected chi connectivity index (χ4v) is 3.67. The van der Waals surface area contributed by atoms with E-state index in [1.165, 1.54) is 4.90 Å². The summed E-state index contributed by atoms with van der Waals surface area (Å²) in [6, 6.07) is 13.8. The molecule has 0 radical (unpaired) electrons. The highest BCUT2D eigenvalue weighted by atomic mass is 16.3. The Hall–Kier alpha value is -3.80. The molecule has 150 valence electrons. The van der Waals surface area contributed by atoms with Gasteiger partial charge in [-0.25, -0.2) is 0 Å². The SMILES string of the molecule is CCc1ccc(/C(O)=C2/C(=O)C(=O)N(Cc3ccncc3)C2c2cccnc2)cc1. The van der Waals surface area contributed by atoms with E-state index in [-0.39, 0.29) is 17.9 Å². The Balaban J connectivity index is 1.83. The highest BCUT2D eigenvalue weighted by molar-refractivity contribution is 6.46. The lowest BCUT2D eigenvalue weighted by Gasteiger charge is -2.25. The molecule has 1 aromatic carbocycles. The first kappa shape index (κ1) is 19.5. The Morgan fingerprint density at radius 2 is 1.70 bits per heavy atom. The molecule has 3 aromatic rings. The molecule has 6 heteroatoms. The quantitative estimate of drug-likeness (QED) is 0.402. The molecule has 0 bridgehead atoms. The molecule has 0 saturated carbocycles. The van der Waals surface area contributed by atoms with E-state index in [0.29, 0.717) is 11.1 Å². The number of amides is 1. The summed E-state index contributed by atoms with van der Waals surface area (Å²) >= 11 is 0. The number of aryl methyl sites for hydroxylation is 1. The number of hydrogen-bond acceptors (Lipinski definition) is 5. The molecule has 1 amide bonds. The summed E-state index contributed by atoms with van der Waals surface area (Å²) in [5.41, 5.74) is 3.20. The molecule has 3 heterocycles. The van der Waals surface area contributed by atoms with Crippen LogP contribution >= 0.6 is 0 Å². The number of benzene rings is 1. The molecule has 2 aromatic heterocycles. The van der Waals surface area contributed by atoms with E-state index >= 15 is 0 Å². The van der Waals surface area contributed by atoms with Crippen LogP contribution in [0.5, 0.6) is 0 Å². The van der Waals surface area contributed by atoms with Gasteiger partial charge in [0, 0.05) is 36.9 Å². The van der Waals surface area contributed by atoms with Crippen molar-refractivity contribution in [1.82, 2.24) is 14.9 Å². The summed E-state index contributed by atoms with van der Waals surface area (Å²) in [6.07, 6.45) is 7.39. The van der Waals surface area contributed by atoms with E-state index in [9.17, 15) is 14.7 Å². The van der Waals surface area contributed by atoms with Gasteiger partial charge in [-0.15, -0.1) is 0 Å². The molecule has 1 atom stereocenters. The lowest BCUT2D eigenvalue weighted by atomic mass is 9.95. The first-order valence-electron chi connectivity index (χ1n) is 9.76. The molecule has 1 aliphatic rings. The van der Waals surface area contributed by atoms with Crippen LogP contribution in [-0.2, 0) is 22.6 Å². The van der Waals surface area contributed by atoms with Crippen molar-refractivity contribution < 1.29 is 14.7 Å². The van der Waals surface area contributed by atoms with Crippen LogP contribution in [0.3, 0.4) is 0 Å². The van der Waals surface area contributed by atoms with Gasteiger partial charge in [0.1, 0.15) is 5.76 Å². The maximum atomic E-state index is 13.0. The van der Waals surface area contributed by atoms with E-state index in [4.69, 9.17) is 0 Å².